The van der Waals surface area contributed by atoms with Gasteiger partial charge in [-0.1, -0.05) is 41.5 Å². The zero-order chi connectivity index (χ0) is 27.2. The lowest BCUT2D eigenvalue weighted by atomic mass is 9.63. The van der Waals surface area contributed by atoms with E-state index in [9.17, 15) is 59.4 Å². The first-order valence-electron chi connectivity index (χ1n) is 10.8. The van der Waals surface area contributed by atoms with Crippen molar-refractivity contribution in [1.29, 1.82) is 0 Å². The molecule has 0 aromatic heterocycles. The highest BCUT2D eigenvalue weighted by Gasteiger charge is 2.53. The minimum absolute atomic E-state index is 0.750. The van der Waals surface area contributed by atoms with E-state index in [0.29, 0.717) is 0 Å². The molecule has 0 spiro atoms. The molecular formula is C22H34O12. The number of rotatable bonds is 15. The van der Waals surface area contributed by atoms with E-state index in [1.807, 2.05) is 0 Å². The third-order valence-electron chi connectivity index (χ3n) is 6.57. The average Bonchev–Trinajstić information content (AvgIpc) is 2.64. The van der Waals surface area contributed by atoms with Crippen molar-refractivity contribution in [2.24, 2.45) is 59.2 Å². The summed E-state index contributed by atoms with van der Waals surface area (Å²) in [6, 6.07) is 0. The molecular weight excluding hydrogens is 456 g/mol. The minimum Gasteiger partial charge on any atom is -0.481 e. The summed E-state index contributed by atoms with van der Waals surface area (Å²) >= 11 is 0. The number of carbonyl (C=O) groups is 6. The van der Waals surface area contributed by atoms with Gasteiger partial charge in [-0.2, -0.15) is 0 Å². The largest absolute Gasteiger partial charge is 0.481 e. The third-order valence-corrected chi connectivity index (χ3v) is 6.57. The Bertz CT molecular complexity index is 736. The van der Waals surface area contributed by atoms with E-state index in [-0.39, 0.29) is 0 Å². The quantitative estimate of drug-likeness (QED) is 0.193. The molecule has 194 valence electrons. The Labute approximate surface area is 196 Å². The van der Waals surface area contributed by atoms with E-state index < -0.39 is 95.0 Å². The van der Waals surface area contributed by atoms with Crippen molar-refractivity contribution in [3.63, 3.8) is 0 Å². The standard InChI is InChI=1S/C22H34O12/c1-7(2)11(17(23)24)13(19(27)28)9(5)15(21(31)32)16(22(33)34)10(6)14(20(29)30)12(8(3)4)18(25)26/h7-16H,1-6H3,(H,23,24)(H,25,26)(H,27,28)(H,29,30)(H,31,32)(H,33,34). The van der Waals surface area contributed by atoms with Gasteiger partial charge in [-0.3, -0.25) is 28.8 Å². The maximum Gasteiger partial charge on any atom is 0.307 e. The summed E-state index contributed by atoms with van der Waals surface area (Å²) < 4.78 is 0. The Morgan fingerprint density at radius 2 is 0.500 bits per heavy atom. The molecule has 0 aromatic rings. The van der Waals surface area contributed by atoms with Gasteiger partial charge in [0.15, 0.2) is 0 Å². The monoisotopic (exact) mass is 490 g/mol. The molecule has 0 heterocycles. The highest BCUT2D eigenvalue weighted by Crippen LogP contribution is 2.42. The van der Waals surface area contributed by atoms with Gasteiger partial charge in [-0.05, 0) is 23.7 Å². The summed E-state index contributed by atoms with van der Waals surface area (Å²) in [5, 5.41) is 58.5. The molecule has 34 heavy (non-hydrogen) atoms. The van der Waals surface area contributed by atoms with E-state index in [1.165, 1.54) is 27.7 Å². The van der Waals surface area contributed by atoms with Crippen LogP contribution >= 0.6 is 0 Å². The van der Waals surface area contributed by atoms with Crippen LogP contribution in [0.4, 0.5) is 0 Å². The molecule has 8 unspecified atom stereocenters. The van der Waals surface area contributed by atoms with Gasteiger partial charge in [0.1, 0.15) is 0 Å². The van der Waals surface area contributed by atoms with Crippen molar-refractivity contribution in [1.82, 2.24) is 0 Å². The van der Waals surface area contributed by atoms with Crippen LogP contribution in [0.15, 0.2) is 0 Å². The first kappa shape index (κ1) is 30.8. The summed E-state index contributed by atoms with van der Waals surface area (Å²) in [7, 11) is 0. The highest BCUT2D eigenvalue weighted by atomic mass is 16.4. The van der Waals surface area contributed by atoms with Crippen LogP contribution in [0.5, 0.6) is 0 Å². The Morgan fingerprint density at radius 1 is 0.353 bits per heavy atom. The molecule has 0 amide bonds. The van der Waals surface area contributed by atoms with Crippen molar-refractivity contribution in [2.75, 3.05) is 0 Å². The molecule has 0 saturated carbocycles. The van der Waals surface area contributed by atoms with Gasteiger partial charge in [0.25, 0.3) is 0 Å². The summed E-state index contributed by atoms with van der Waals surface area (Å²) in [5.41, 5.74) is 0. The lowest BCUT2D eigenvalue weighted by Gasteiger charge is -2.38. The lowest BCUT2D eigenvalue weighted by molar-refractivity contribution is -0.171. The van der Waals surface area contributed by atoms with Crippen LogP contribution in [0.25, 0.3) is 0 Å². The molecule has 0 aromatic carbocycles. The maximum absolute atomic E-state index is 12.2. The fourth-order valence-electron chi connectivity index (χ4n) is 4.98. The summed E-state index contributed by atoms with van der Waals surface area (Å²) in [5.74, 6) is -25.2. The summed E-state index contributed by atoms with van der Waals surface area (Å²) in [6.07, 6.45) is 0. The molecule has 0 radical (unpaired) electrons. The second-order valence-electron chi connectivity index (χ2n) is 9.39. The fraction of sp³-hybridized carbons (Fsp3) is 0.727. The zero-order valence-electron chi connectivity index (χ0n) is 19.9. The molecule has 8 atom stereocenters. The molecule has 12 heteroatoms. The third kappa shape index (κ3) is 6.91. The van der Waals surface area contributed by atoms with E-state index in [0.717, 1.165) is 13.8 Å². The second-order valence-corrected chi connectivity index (χ2v) is 9.39. The molecule has 0 rings (SSSR count). The molecule has 6 N–H and O–H groups in total. The van der Waals surface area contributed by atoms with Crippen molar-refractivity contribution >= 4 is 35.8 Å². The Balaban J connectivity index is 6.85. The molecule has 0 aliphatic heterocycles. The first-order chi connectivity index (χ1) is 15.4. The highest BCUT2D eigenvalue weighted by molar-refractivity contribution is 5.85. The Hall–Kier alpha value is -3.18. The van der Waals surface area contributed by atoms with Gasteiger partial charge in [0.2, 0.25) is 0 Å². The van der Waals surface area contributed by atoms with Gasteiger partial charge >= 0.3 is 35.8 Å². The molecule has 0 fully saturated rings. The van der Waals surface area contributed by atoms with Gasteiger partial charge < -0.3 is 30.6 Å². The van der Waals surface area contributed by atoms with Crippen molar-refractivity contribution in [3.05, 3.63) is 0 Å². The lowest BCUT2D eigenvalue weighted by Crippen LogP contribution is -2.49. The predicted molar refractivity (Wildman–Crippen MR) is 115 cm³/mol. The first-order valence-corrected chi connectivity index (χ1v) is 10.8. The Kier molecular flexibility index (Phi) is 11.2. The SMILES string of the molecule is CC(C)C(C(=O)O)C(C(=O)O)C(C)C(C(=O)O)C(C(=O)O)C(C)C(C(=O)O)C(C(=O)O)C(C)C. The van der Waals surface area contributed by atoms with Crippen molar-refractivity contribution in [3.8, 4) is 0 Å². The van der Waals surface area contributed by atoms with Crippen LogP contribution in [0, 0.1) is 59.2 Å². The van der Waals surface area contributed by atoms with Gasteiger partial charge in [0.05, 0.1) is 35.5 Å². The minimum atomic E-state index is -2.02. The Morgan fingerprint density at radius 3 is 0.618 bits per heavy atom. The van der Waals surface area contributed by atoms with E-state index in [1.54, 1.807) is 0 Å². The van der Waals surface area contributed by atoms with Crippen molar-refractivity contribution < 1.29 is 59.4 Å². The molecule has 0 bridgehead atoms. The van der Waals surface area contributed by atoms with Gasteiger partial charge in [-0.15, -0.1) is 0 Å². The topological polar surface area (TPSA) is 224 Å². The van der Waals surface area contributed by atoms with Crippen LogP contribution in [0.1, 0.15) is 41.5 Å². The van der Waals surface area contributed by atoms with Crippen LogP contribution in [0.3, 0.4) is 0 Å². The number of carboxylic acid groups (broad SMARTS) is 6. The smallest absolute Gasteiger partial charge is 0.307 e. The maximum atomic E-state index is 12.2. The number of carboxylic acids is 6. The van der Waals surface area contributed by atoms with Crippen LogP contribution in [-0.2, 0) is 28.8 Å². The number of hydrogen-bond acceptors (Lipinski definition) is 6. The predicted octanol–water partition coefficient (Wildman–Crippen LogP) is 1.78. The molecule has 12 nitrogen and oxygen atoms in total. The van der Waals surface area contributed by atoms with Crippen LogP contribution < -0.4 is 0 Å². The molecule has 0 saturated heterocycles. The number of hydrogen-bond donors (Lipinski definition) is 6. The zero-order valence-corrected chi connectivity index (χ0v) is 19.9. The normalized spacial score (nSPS) is 18.7. The van der Waals surface area contributed by atoms with Crippen molar-refractivity contribution in [2.45, 2.75) is 41.5 Å². The van der Waals surface area contributed by atoms with Crippen LogP contribution in [-0.4, -0.2) is 66.5 Å². The second kappa shape index (κ2) is 12.3. The summed E-state index contributed by atoms with van der Waals surface area (Å²) in [4.78, 5) is 72.1. The average molecular weight is 491 g/mol. The van der Waals surface area contributed by atoms with E-state index >= 15 is 0 Å². The summed E-state index contributed by atoms with van der Waals surface area (Å²) in [6.45, 7) is 7.91. The van der Waals surface area contributed by atoms with E-state index in [2.05, 4.69) is 0 Å². The van der Waals surface area contributed by atoms with Gasteiger partial charge in [-0.25, -0.2) is 0 Å². The molecule has 0 aliphatic rings. The van der Waals surface area contributed by atoms with E-state index in [4.69, 9.17) is 0 Å². The fourth-order valence-corrected chi connectivity index (χ4v) is 4.98. The molecule has 0 aliphatic carbocycles. The van der Waals surface area contributed by atoms with Crippen LogP contribution in [0.2, 0.25) is 0 Å². The van der Waals surface area contributed by atoms with Gasteiger partial charge in [0, 0.05) is 0 Å². The number of aliphatic carboxylic acids is 6.